The van der Waals surface area contributed by atoms with Crippen LogP contribution in [0.4, 0.5) is 5.69 Å². The van der Waals surface area contributed by atoms with Crippen molar-refractivity contribution in [2.45, 2.75) is 26.4 Å². The van der Waals surface area contributed by atoms with Crippen LogP contribution in [0.25, 0.3) is 0 Å². The van der Waals surface area contributed by atoms with E-state index in [1.165, 1.54) is 0 Å². The number of carbonyl (C=O) groups excluding carboxylic acids is 1. The van der Waals surface area contributed by atoms with Crippen LogP contribution in [0.2, 0.25) is 0 Å². The predicted molar refractivity (Wildman–Crippen MR) is 64.2 cm³/mol. The molecule has 0 aromatic heterocycles. The summed E-state index contributed by atoms with van der Waals surface area (Å²) < 4.78 is 0. The van der Waals surface area contributed by atoms with E-state index in [1.54, 1.807) is 19.1 Å². The van der Waals surface area contributed by atoms with E-state index in [0.29, 0.717) is 24.2 Å². The Morgan fingerprint density at radius 1 is 1.56 bits per heavy atom. The molecule has 1 aromatic carbocycles. The second-order valence-electron chi connectivity index (χ2n) is 3.93. The van der Waals surface area contributed by atoms with Crippen LogP contribution < -0.4 is 11.1 Å². The van der Waals surface area contributed by atoms with Crippen molar-refractivity contribution in [2.75, 3.05) is 12.3 Å². The van der Waals surface area contributed by atoms with E-state index in [-0.39, 0.29) is 5.91 Å². The Balaban J connectivity index is 2.63. The molecule has 0 fully saturated rings. The van der Waals surface area contributed by atoms with Crippen LogP contribution in [0, 0.1) is 6.92 Å². The third-order valence-corrected chi connectivity index (χ3v) is 2.42. The fourth-order valence-corrected chi connectivity index (χ4v) is 1.37. The molecule has 16 heavy (non-hydrogen) atoms. The lowest BCUT2D eigenvalue weighted by molar-refractivity contribution is 0.0946. The van der Waals surface area contributed by atoms with E-state index in [4.69, 9.17) is 10.8 Å². The van der Waals surface area contributed by atoms with E-state index >= 15 is 0 Å². The smallest absolute Gasteiger partial charge is 0.253 e. The molecule has 4 N–H and O–H groups in total. The summed E-state index contributed by atoms with van der Waals surface area (Å²) in [6, 6.07) is 5.36. The first-order chi connectivity index (χ1) is 7.52. The summed E-state index contributed by atoms with van der Waals surface area (Å²) in [4.78, 5) is 11.7. The van der Waals surface area contributed by atoms with E-state index in [2.05, 4.69) is 5.32 Å². The van der Waals surface area contributed by atoms with Crippen LogP contribution in [0.15, 0.2) is 18.2 Å². The number of amides is 1. The van der Waals surface area contributed by atoms with Crippen molar-refractivity contribution >= 4 is 11.6 Å². The Hall–Kier alpha value is -1.55. The van der Waals surface area contributed by atoms with Crippen LogP contribution in [0.1, 0.15) is 29.3 Å². The summed E-state index contributed by atoms with van der Waals surface area (Å²) in [7, 11) is 0. The minimum Gasteiger partial charge on any atom is -0.398 e. The Morgan fingerprint density at radius 2 is 2.25 bits per heavy atom. The quantitative estimate of drug-likeness (QED) is 0.667. The van der Waals surface area contributed by atoms with E-state index < -0.39 is 6.10 Å². The second kappa shape index (κ2) is 5.51. The minimum absolute atomic E-state index is 0.193. The highest BCUT2D eigenvalue weighted by Gasteiger charge is 2.10. The number of anilines is 1. The number of rotatable bonds is 4. The normalized spacial score (nSPS) is 12.2. The molecule has 0 aliphatic heterocycles. The third kappa shape index (κ3) is 3.24. The molecule has 1 rings (SSSR count). The Labute approximate surface area is 95.5 Å². The van der Waals surface area contributed by atoms with Gasteiger partial charge in [-0.05, 0) is 31.9 Å². The number of nitrogens with two attached hydrogens (primary N) is 1. The number of aliphatic hydroxyl groups is 1. The topological polar surface area (TPSA) is 75.3 Å². The van der Waals surface area contributed by atoms with Gasteiger partial charge in [0.15, 0.2) is 0 Å². The lowest BCUT2D eigenvalue weighted by Crippen LogP contribution is -2.27. The first kappa shape index (κ1) is 12.5. The number of para-hydroxylation sites is 1. The molecule has 0 saturated heterocycles. The van der Waals surface area contributed by atoms with Gasteiger partial charge in [-0.25, -0.2) is 0 Å². The highest BCUT2D eigenvalue weighted by atomic mass is 16.3. The zero-order valence-corrected chi connectivity index (χ0v) is 9.66. The average molecular weight is 222 g/mol. The maximum atomic E-state index is 11.7. The van der Waals surface area contributed by atoms with E-state index in [0.717, 1.165) is 5.56 Å². The molecule has 0 saturated carbocycles. The first-order valence-corrected chi connectivity index (χ1v) is 5.33. The lowest BCUT2D eigenvalue weighted by atomic mass is 10.1. The largest absolute Gasteiger partial charge is 0.398 e. The highest BCUT2D eigenvalue weighted by Crippen LogP contribution is 2.15. The van der Waals surface area contributed by atoms with Gasteiger partial charge in [-0.2, -0.15) is 0 Å². The fourth-order valence-electron chi connectivity index (χ4n) is 1.37. The summed E-state index contributed by atoms with van der Waals surface area (Å²) in [6.45, 7) is 4.00. The Bertz CT molecular complexity index is 375. The van der Waals surface area contributed by atoms with Crippen molar-refractivity contribution in [3.8, 4) is 0 Å². The van der Waals surface area contributed by atoms with Crippen molar-refractivity contribution in [1.29, 1.82) is 0 Å². The predicted octanol–water partition coefficient (Wildman–Crippen LogP) is 1.08. The van der Waals surface area contributed by atoms with Gasteiger partial charge in [0, 0.05) is 12.2 Å². The number of hydrogen-bond acceptors (Lipinski definition) is 3. The summed E-state index contributed by atoms with van der Waals surface area (Å²) in [5, 5.41) is 11.8. The van der Waals surface area contributed by atoms with Gasteiger partial charge in [-0.15, -0.1) is 0 Å². The molecule has 1 amide bonds. The molecule has 0 aliphatic rings. The van der Waals surface area contributed by atoms with Crippen molar-refractivity contribution in [1.82, 2.24) is 5.32 Å². The van der Waals surface area contributed by atoms with E-state index in [1.807, 2.05) is 13.0 Å². The van der Waals surface area contributed by atoms with Gasteiger partial charge in [0.2, 0.25) is 0 Å². The average Bonchev–Trinajstić information content (AvgIpc) is 2.21. The number of aryl methyl sites for hydroxylation is 1. The molecule has 88 valence electrons. The number of benzene rings is 1. The van der Waals surface area contributed by atoms with Crippen molar-refractivity contribution in [2.24, 2.45) is 0 Å². The lowest BCUT2D eigenvalue weighted by Gasteiger charge is -2.09. The molecular weight excluding hydrogens is 204 g/mol. The van der Waals surface area contributed by atoms with Crippen LogP contribution in [0.3, 0.4) is 0 Å². The zero-order chi connectivity index (χ0) is 12.1. The molecule has 0 bridgehead atoms. The Kier molecular flexibility index (Phi) is 4.31. The standard InChI is InChI=1S/C12H18N2O2/c1-8-4-3-5-10(11(8)13)12(16)14-7-6-9(2)15/h3-5,9,15H,6-7,13H2,1-2H3,(H,14,16). The van der Waals surface area contributed by atoms with Gasteiger partial charge in [0.1, 0.15) is 0 Å². The maximum Gasteiger partial charge on any atom is 0.253 e. The van der Waals surface area contributed by atoms with Crippen LogP contribution in [-0.2, 0) is 0 Å². The molecule has 1 atom stereocenters. The monoisotopic (exact) mass is 222 g/mol. The molecule has 0 aliphatic carbocycles. The van der Waals surface area contributed by atoms with Crippen LogP contribution >= 0.6 is 0 Å². The number of nitrogen functional groups attached to an aromatic ring is 1. The highest BCUT2D eigenvalue weighted by molar-refractivity contribution is 5.99. The van der Waals surface area contributed by atoms with Gasteiger partial charge < -0.3 is 16.2 Å². The Morgan fingerprint density at radius 3 is 2.88 bits per heavy atom. The maximum absolute atomic E-state index is 11.7. The van der Waals surface area contributed by atoms with Gasteiger partial charge >= 0.3 is 0 Å². The number of hydrogen-bond donors (Lipinski definition) is 3. The molecule has 4 nitrogen and oxygen atoms in total. The number of carbonyl (C=O) groups is 1. The summed E-state index contributed by atoms with van der Waals surface area (Å²) in [6.07, 6.45) is 0.132. The summed E-state index contributed by atoms with van der Waals surface area (Å²) in [5.41, 5.74) is 7.70. The van der Waals surface area contributed by atoms with Gasteiger partial charge in [-0.3, -0.25) is 4.79 Å². The molecular formula is C12H18N2O2. The molecule has 0 spiro atoms. The number of aliphatic hydroxyl groups excluding tert-OH is 1. The SMILES string of the molecule is Cc1cccc(C(=O)NCCC(C)O)c1N. The van der Waals surface area contributed by atoms with Gasteiger partial charge in [0.05, 0.1) is 11.7 Å². The second-order valence-corrected chi connectivity index (χ2v) is 3.93. The van der Waals surface area contributed by atoms with Gasteiger partial charge in [0.25, 0.3) is 5.91 Å². The fraction of sp³-hybridized carbons (Fsp3) is 0.417. The molecule has 0 heterocycles. The molecule has 1 aromatic rings. The summed E-state index contributed by atoms with van der Waals surface area (Å²) >= 11 is 0. The van der Waals surface area contributed by atoms with E-state index in [9.17, 15) is 4.79 Å². The number of nitrogens with one attached hydrogen (secondary N) is 1. The molecule has 4 heteroatoms. The first-order valence-electron chi connectivity index (χ1n) is 5.33. The van der Waals surface area contributed by atoms with Crippen molar-refractivity contribution in [3.63, 3.8) is 0 Å². The van der Waals surface area contributed by atoms with Gasteiger partial charge in [-0.1, -0.05) is 12.1 Å². The van der Waals surface area contributed by atoms with Crippen molar-refractivity contribution in [3.05, 3.63) is 29.3 Å². The minimum atomic E-state index is -0.407. The third-order valence-electron chi connectivity index (χ3n) is 2.42. The van der Waals surface area contributed by atoms with Crippen molar-refractivity contribution < 1.29 is 9.90 Å². The molecule has 0 radical (unpaired) electrons. The molecule has 1 unspecified atom stereocenters. The summed E-state index contributed by atoms with van der Waals surface area (Å²) in [5.74, 6) is -0.193. The van der Waals surface area contributed by atoms with Crippen LogP contribution in [-0.4, -0.2) is 23.7 Å². The zero-order valence-electron chi connectivity index (χ0n) is 9.66. The van der Waals surface area contributed by atoms with Crippen LogP contribution in [0.5, 0.6) is 0 Å².